The van der Waals surface area contributed by atoms with Crippen molar-refractivity contribution in [2.24, 2.45) is 0 Å². The Morgan fingerprint density at radius 1 is 1.06 bits per heavy atom. The number of anilines is 1. The lowest BCUT2D eigenvalue weighted by molar-refractivity contribution is 0.158. The van der Waals surface area contributed by atoms with Crippen molar-refractivity contribution in [3.05, 3.63) is 92.1 Å². The highest BCUT2D eigenvalue weighted by molar-refractivity contribution is 5.40. The summed E-state index contributed by atoms with van der Waals surface area (Å²) in [5.74, 6) is 0.986. The van der Waals surface area contributed by atoms with Gasteiger partial charge in [0.15, 0.2) is 0 Å². The van der Waals surface area contributed by atoms with Crippen molar-refractivity contribution in [3.8, 4) is 0 Å². The van der Waals surface area contributed by atoms with Crippen LogP contribution in [0.5, 0.6) is 0 Å². The number of nitrogens with one attached hydrogen (secondary N) is 1. The summed E-state index contributed by atoms with van der Waals surface area (Å²) in [4.78, 5) is 30.3. The van der Waals surface area contributed by atoms with Gasteiger partial charge >= 0.3 is 11.4 Å². The van der Waals surface area contributed by atoms with Crippen molar-refractivity contribution < 1.29 is 4.74 Å². The first-order chi connectivity index (χ1) is 16.0. The second kappa shape index (κ2) is 10.3. The lowest BCUT2D eigenvalue weighted by Crippen LogP contribution is -2.43. The maximum absolute atomic E-state index is 13.3. The second-order valence-electron chi connectivity index (χ2n) is 10.2. The summed E-state index contributed by atoms with van der Waals surface area (Å²) < 4.78 is 8.47. The number of aromatic nitrogens is 3. The van der Waals surface area contributed by atoms with Crippen LogP contribution in [0, 0.1) is 0 Å². The smallest absolute Gasteiger partial charge is 0.355 e. The number of nitrogens with zero attached hydrogens (tertiary/aromatic N) is 3. The number of rotatable bonds is 7. The number of allylic oxidation sites excluding steroid dienone is 4. The molecule has 0 spiro atoms. The molecule has 0 unspecified atom stereocenters. The van der Waals surface area contributed by atoms with Gasteiger partial charge in [-0.05, 0) is 62.5 Å². The summed E-state index contributed by atoms with van der Waals surface area (Å²) in [7, 11) is 0. The molecule has 7 nitrogen and oxygen atoms in total. The summed E-state index contributed by atoms with van der Waals surface area (Å²) in [6.07, 6.45) is 8.31. The van der Waals surface area contributed by atoms with Crippen LogP contribution in [0.1, 0.15) is 72.1 Å². The van der Waals surface area contributed by atoms with Gasteiger partial charge < -0.3 is 10.1 Å². The van der Waals surface area contributed by atoms with Gasteiger partial charge in [0, 0.05) is 18.2 Å². The summed E-state index contributed by atoms with van der Waals surface area (Å²) in [5.41, 5.74) is 2.07. The van der Waals surface area contributed by atoms with Crippen LogP contribution in [0.3, 0.4) is 0 Å². The minimum atomic E-state index is -0.564. The van der Waals surface area contributed by atoms with E-state index >= 15 is 0 Å². The summed E-state index contributed by atoms with van der Waals surface area (Å²) in [6.45, 7) is 14.4. The molecule has 0 atom stereocenters. The molecule has 1 N–H and O–H groups in total. The monoisotopic (exact) mass is 464 g/mol. The lowest BCUT2D eigenvalue weighted by atomic mass is 9.87. The van der Waals surface area contributed by atoms with E-state index in [-0.39, 0.29) is 29.2 Å². The molecule has 0 saturated carbocycles. The molecule has 0 fully saturated rings. The quantitative estimate of drug-likeness (QED) is 0.631. The molecule has 1 aromatic carbocycles. The number of hydrogen-bond donors (Lipinski definition) is 1. The van der Waals surface area contributed by atoms with Crippen LogP contribution >= 0.6 is 0 Å². The molecule has 0 amide bonds. The van der Waals surface area contributed by atoms with Crippen molar-refractivity contribution in [3.63, 3.8) is 0 Å². The molecule has 0 radical (unpaired) electrons. The molecule has 1 aliphatic rings. The van der Waals surface area contributed by atoms with E-state index < -0.39 is 5.69 Å². The predicted molar refractivity (Wildman–Crippen MR) is 137 cm³/mol. The standard InChI is InChI=1S/C27H36N4O3/c1-18(2)31-25(32)29-24(28-22-9-8-10-23(16-15-22)34-19(3)4)30(26(31)33)17-20-11-13-21(14-12-20)27(5,6)7/h8,10-16,18-19H,9,17H2,1-7H3,(H,28,29,32). The van der Waals surface area contributed by atoms with Crippen molar-refractivity contribution >= 4 is 5.95 Å². The fourth-order valence-electron chi connectivity index (χ4n) is 3.68. The first-order valence-corrected chi connectivity index (χ1v) is 11.8. The van der Waals surface area contributed by atoms with Crippen LogP contribution in [-0.2, 0) is 16.7 Å². The third kappa shape index (κ3) is 6.16. The van der Waals surface area contributed by atoms with Crippen molar-refractivity contribution in [2.45, 2.75) is 79.0 Å². The maximum atomic E-state index is 13.3. The molecule has 0 saturated heterocycles. The van der Waals surface area contributed by atoms with Crippen LogP contribution in [0.25, 0.3) is 0 Å². The normalized spacial score (nSPS) is 14.1. The topological polar surface area (TPSA) is 78.2 Å². The summed E-state index contributed by atoms with van der Waals surface area (Å²) >= 11 is 0. The summed E-state index contributed by atoms with van der Waals surface area (Å²) in [6, 6.07) is 7.91. The molecule has 0 bridgehead atoms. The Morgan fingerprint density at radius 2 is 1.74 bits per heavy atom. The summed E-state index contributed by atoms with van der Waals surface area (Å²) in [5, 5.41) is 3.22. The zero-order chi connectivity index (χ0) is 25.0. The Labute approximate surface area is 201 Å². The average molecular weight is 465 g/mol. The highest BCUT2D eigenvalue weighted by Gasteiger charge is 2.18. The molecule has 3 rings (SSSR count). The van der Waals surface area contributed by atoms with Crippen LogP contribution in [-0.4, -0.2) is 20.2 Å². The van der Waals surface area contributed by atoms with Crippen molar-refractivity contribution in [2.75, 3.05) is 5.32 Å². The van der Waals surface area contributed by atoms with Crippen LogP contribution < -0.4 is 16.7 Å². The first kappa shape index (κ1) is 25.3. The molecule has 2 aromatic rings. The van der Waals surface area contributed by atoms with Crippen molar-refractivity contribution in [1.82, 2.24) is 14.1 Å². The zero-order valence-corrected chi connectivity index (χ0v) is 21.3. The van der Waals surface area contributed by atoms with E-state index in [0.717, 1.165) is 17.0 Å². The largest absolute Gasteiger partial charge is 0.491 e. The Balaban J connectivity index is 2.00. The van der Waals surface area contributed by atoms with Crippen molar-refractivity contribution in [1.29, 1.82) is 0 Å². The molecule has 0 aliphatic heterocycles. The highest BCUT2D eigenvalue weighted by Crippen LogP contribution is 2.23. The van der Waals surface area contributed by atoms with Gasteiger partial charge in [-0.1, -0.05) is 51.1 Å². The van der Waals surface area contributed by atoms with Crippen LogP contribution in [0.15, 0.2) is 69.6 Å². The SMILES string of the molecule is CC(C)OC1=CC=C(Nc2nc(=O)n(C(C)C)c(=O)n2Cc2ccc(C(C)(C)C)cc2)CC=C1. The number of benzene rings is 1. The molecule has 1 aliphatic carbocycles. The van der Waals surface area contributed by atoms with Gasteiger partial charge in [-0.3, -0.25) is 4.57 Å². The van der Waals surface area contributed by atoms with Gasteiger partial charge in [0.2, 0.25) is 5.95 Å². The molecule has 7 heteroatoms. The van der Waals surface area contributed by atoms with E-state index in [9.17, 15) is 9.59 Å². The van der Waals surface area contributed by atoms with Gasteiger partial charge in [-0.25, -0.2) is 14.2 Å². The molecule has 1 heterocycles. The molecular weight excluding hydrogens is 428 g/mol. The van der Waals surface area contributed by atoms with E-state index in [1.165, 1.54) is 14.7 Å². The first-order valence-electron chi connectivity index (χ1n) is 11.8. The fraction of sp³-hybridized carbons (Fsp3) is 0.444. The van der Waals surface area contributed by atoms with Gasteiger partial charge in [0.05, 0.1) is 12.6 Å². The molecular formula is C27H36N4O3. The molecule has 1 aromatic heterocycles. The predicted octanol–water partition coefficient (Wildman–Crippen LogP) is 4.90. The second-order valence-corrected chi connectivity index (χ2v) is 10.2. The molecule has 182 valence electrons. The van der Waals surface area contributed by atoms with E-state index in [1.807, 2.05) is 50.3 Å². The Hall–Kier alpha value is -3.35. The third-order valence-electron chi connectivity index (χ3n) is 5.49. The number of hydrogen-bond acceptors (Lipinski definition) is 5. The minimum absolute atomic E-state index is 0.0413. The van der Waals surface area contributed by atoms with E-state index in [0.29, 0.717) is 13.0 Å². The Bertz CT molecular complexity index is 1220. The Morgan fingerprint density at radius 3 is 2.32 bits per heavy atom. The van der Waals surface area contributed by atoms with Gasteiger partial charge in [0.25, 0.3) is 0 Å². The van der Waals surface area contributed by atoms with Crippen LogP contribution in [0.4, 0.5) is 5.95 Å². The zero-order valence-electron chi connectivity index (χ0n) is 21.3. The van der Waals surface area contributed by atoms with Gasteiger partial charge in [-0.15, -0.1) is 0 Å². The lowest BCUT2D eigenvalue weighted by Gasteiger charge is -2.20. The van der Waals surface area contributed by atoms with E-state index in [2.05, 4.69) is 43.2 Å². The number of ether oxygens (including phenoxy) is 1. The highest BCUT2D eigenvalue weighted by atomic mass is 16.5. The maximum Gasteiger partial charge on any atom is 0.355 e. The minimum Gasteiger partial charge on any atom is -0.491 e. The average Bonchev–Trinajstić information content (AvgIpc) is 2.94. The van der Waals surface area contributed by atoms with Crippen LogP contribution in [0.2, 0.25) is 0 Å². The van der Waals surface area contributed by atoms with E-state index in [1.54, 1.807) is 13.8 Å². The fourth-order valence-corrected chi connectivity index (χ4v) is 3.68. The third-order valence-corrected chi connectivity index (χ3v) is 5.49. The Kier molecular flexibility index (Phi) is 7.64. The van der Waals surface area contributed by atoms with Gasteiger partial charge in [0.1, 0.15) is 5.76 Å². The van der Waals surface area contributed by atoms with Gasteiger partial charge in [-0.2, -0.15) is 4.98 Å². The van der Waals surface area contributed by atoms with E-state index in [4.69, 9.17) is 4.74 Å². The molecule has 34 heavy (non-hydrogen) atoms.